The number of aromatic nitrogens is 4. The summed E-state index contributed by atoms with van der Waals surface area (Å²) in [6, 6.07) is 21.0. The van der Waals surface area contributed by atoms with Gasteiger partial charge in [-0.25, -0.2) is 9.67 Å². The number of anilines is 1. The zero-order valence-corrected chi connectivity index (χ0v) is 26.3. The van der Waals surface area contributed by atoms with Crippen LogP contribution in [0.1, 0.15) is 41.0 Å². The molecule has 2 aromatic heterocycles. The molecule has 0 fully saturated rings. The van der Waals surface area contributed by atoms with E-state index in [1.807, 2.05) is 30.3 Å². The summed E-state index contributed by atoms with van der Waals surface area (Å²) in [6.45, 7) is 3.65. The first-order chi connectivity index (χ1) is 22.4. The van der Waals surface area contributed by atoms with Crippen molar-refractivity contribution >= 4 is 23.5 Å². The lowest BCUT2D eigenvalue weighted by Gasteiger charge is -2.27. The molecule has 0 aliphatic carbocycles. The van der Waals surface area contributed by atoms with Gasteiger partial charge in [-0.1, -0.05) is 66.2 Å². The van der Waals surface area contributed by atoms with E-state index in [1.54, 1.807) is 50.4 Å². The average Bonchev–Trinajstić information content (AvgIpc) is 3.46. The van der Waals surface area contributed by atoms with E-state index < -0.39 is 24.3 Å². The van der Waals surface area contributed by atoms with Crippen molar-refractivity contribution < 1.29 is 27.4 Å². The Balaban J connectivity index is 1.54. The lowest BCUT2D eigenvalue weighted by atomic mass is 9.94. The van der Waals surface area contributed by atoms with Crippen LogP contribution >= 0.6 is 11.6 Å². The van der Waals surface area contributed by atoms with Crippen molar-refractivity contribution in [3.8, 4) is 22.8 Å². The molecule has 13 heteroatoms. The van der Waals surface area contributed by atoms with Gasteiger partial charge in [-0.05, 0) is 61.6 Å². The standard InChI is InChI=1S/C34H32ClF3N6O3/c1-3-46-32(45)26(39)16-22-9-11-23(12-10-22)27-19-29(42-33(40)41-27)47-31(34(36,37)38)30-24(15-21-7-5-4-6-8-21)17-25(35)18-28(30)44-14-13-20(2)43-44/h4-14,17-19,26,31H,3,15-16,39H2,1-2H3,(H2,40,41,42)/t26-,31+/m0/s1. The van der Waals surface area contributed by atoms with E-state index in [4.69, 9.17) is 32.5 Å². The molecule has 0 radical (unpaired) electrons. The lowest BCUT2D eigenvalue weighted by Crippen LogP contribution is -2.34. The van der Waals surface area contributed by atoms with E-state index in [0.717, 1.165) is 11.1 Å². The molecule has 5 rings (SSSR count). The Labute approximate surface area is 274 Å². The SMILES string of the molecule is CCOC(=O)[C@@H](N)Cc1ccc(-c2cc(O[C@H](c3c(Cc4ccccc4)cc(Cl)cc3-n3ccc(C)n3)C(F)(F)F)nc(N)n2)cc1. The number of ether oxygens (including phenoxy) is 2. The van der Waals surface area contributed by atoms with Crippen LogP contribution < -0.4 is 16.2 Å². The van der Waals surface area contributed by atoms with Gasteiger partial charge in [0.25, 0.3) is 0 Å². The number of alkyl halides is 3. The van der Waals surface area contributed by atoms with E-state index in [-0.39, 0.29) is 53.2 Å². The predicted molar refractivity (Wildman–Crippen MR) is 172 cm³/mol. The Morgan fingerprint density at radius 3 is 2.36 bits per heavy atom. The number of nitrogens with zero attached hydrogens (tertiary/aromatic N) is 4. The molecule has 0 amide bonds. The van der Waals surface area contributed by atoms with Crippen molar-refractivity contribution in [2.24, 2.45) is 5.73 Å². The molecule has 0 unspecified atom stereocenters. The van der Waals surface area contributed by atoms with Gasteiger partial charge in [-0.15, -0.1) is 0 Å². The maximum absolute atomic E-state index is 15.1. The quantitative estimate of drug-likeness (QED) is 0.151. The molecule has 4 N–H and O–H groups in total. The summed E-state index contributed by atoms with van der Waals surface area (Å²) in [5.41, 5.74) is 15.0. The summed E-state index contributed by atoms with van der Waals surface area (Å²) < 4.78 is 57.3. The number of esters is 1. The second-order valence-electron chi connectivity index (χ2n) is 10.8. The highest BCUT2D eigenvalue weighted by molar-refractivity contribution is 6.30. The van der Waals surface area contributed by atoms with Crippen LogP contribution in [0, 0.1) is 6.92 Å². The summed E-state index contributed by atoms with van der Waals surface area (Å²) in [5, 5.41) is 4.61. The Morgan fingerprint density at radius 2 is 1.72 bits per heavy atom. The van der Waals surface area contributed by atoms with Crippen molar-refractivity contribution in [1.82, 2.24) is 19.7 Å². The fourth-order valence-corrected chi connectivity index (χ4v) is 5.36. The van der Waals surface area contributed by atoms with Crippen LogP contribution in [0.3, 0.4) is 0 Å². The number of hydrogen-bond donors (Lipinski definition) is 2. The van der Waals surface area contributed by atoms with Gasteiger partial charge in [0.05, 0.1) is 23.7 Å². The van der Waals surface area contributed by atoms with Crippen molar-refractivity contribution in [3.63, 3.8) is 0 Å². The smallest absolute Gasteiger partial charge is 0.429 e. The first-order valence-electron chi connectivity index (χ1n) is 14.7. The van der Waals surface area contributed by atoms with E-state index in [2.05, 4.69) is 15.1 Å². The number of nitrogen functional groups attached to an aromatic ring is 1. The van der Waals surface area contributed by atoms with Crippen LogP contribution in [0.4, 0.5) is 19.1 Å². The van der Waals surface area contributed by atoms with Gasteiger partial charge in [-0.3, -0.25) is 4.79 Å². The van der Waals surface area contributed by atoms with Gasteiger partial charge in [0, 0.05) is 28.4 Å². The topological polar surface area (TPSA) is 131 Å². The third-order valence-corrected chi connectivity index (χ3v) is 7.45. The fourth-order valence-electron chi connectivity index (χ4n) is 5.12. The van der Waals surface area contributed by atoms with Crippen molar-refractivity contribution in [2.75, 3.05) is 12.3 Å². The first kappa shape index (κ1) is 33.4. The van der Waals surface area contributed by atoms with E-state index in [9.17, 15) is 4.79 Å². The van der Waals surface area contributed by atoms with Gasteiger partial charge in [0.1, 0.15) is 6.04 Å². The molecule has 5 aromatic rings. The molecule has 2 heterocycles. The monoisotopic (exact) mass is 664 g/mol. The van der Waals surface area contributed by atoms with Gasteiger partial charge in [0.2, 0.25) is 17.9 Å². The molecule has 244 valence electrons. The van der Waals surface area contributed by atoms with Crippen molar-refractivity contribution in [2.45, 2.75) is 45.0 Å². The lowest BCUT2D eigenvalue weighted by molar-refractivity contribution is -0.198. The van der Waals surface area contributed by atoms with E-state index in [0.29, 0.717) is 16.8 Å². The number of hydrogen-bond acceptors (Lipinski definition) is 8. The van der Waals surface area contributed by atoms with Crippen LogP contribution in [-0.2, 0) is 22.4 Å². The molecule has 3 aromatic carbocycles. The Hall–Kier alpha value is -4.94. The maximum Gasteiger partial charge on any atom is 0.429 e. The highest BCUT2D eigenvalue weighted by Crippen LogP contribution is 2.42. The molecular formula is C34H32ClF3N6O3. The van der Waals surface area contributed by atoms with Gasteiger partial charge in [0.15, 0.2) is 0 Å². The zero-order valence-electron chi connectivity index (χ0n) is 25.5. The summed E-state index contributed by atoms with van der Waals surface area (Å²) >= 11 is 6.47. The molecule has 0 aliphatic rings. The number of halogens is 4. The Bertz CT molecular complexity index is 1850. The molecule has 2 atom stereocenters. The highest BCUT2D eigenvalue weighted by Gasteiger charge is 2.46. The third kappa shape index (κ3) is 8.27. The normalized spacial score (nSPS) is 12.8. The van der Waals surface area contributed by atoms with Crippen molar-refractivity contribution in [3.05, 3.63) is 118 Å². The van der Waals surface area contributed by atoms with Crippen LogP contribution in [0.2, 0.25) is 5.02 Å². The molecule has 0 saturated heterocycles. The largest absolute Gasteiger partial charge is 0.465 e. The van der Waals surface area contributed by atoms with E-state index >= 15 is 13.2 Å². The minimum absolute atomic E-state index is 0.109. The second-order valence-corrected chi connectivity index (χ2v) is 11.2. The zero-order chi connectivity index (χ0) is 33.7. The number of carbonyl (C=O) groups is 1. The molecule has 0 spiro atoms. The minimum atomic E-state index is -4.89. The number of rotatable bonds is 11. The van der Waals surface area contributed by atoms with Gasteiger partial charge in [-0.2, -0.15) is 23.3 Å². The van der Waals surface area contributed by atoms with Crippen LogP contribution in [0.5, 0.6) is 5.88 Å². The summed E-state index contributed by atoms with van der Waals surface area (Å²) in [5.74, 6) is -1.18. The molecule has 9 nitrogen and oxygen atoms in total. The highest BCUT2D eigenvalue weighted by atomic mass is 35.5. The molecular weight excluding hydrogens is 633 g/mol. The molecule has 0 aliphatic heterocycles. The summed E-state index contributed by atoms with van der Waals surface area (Å²) in [7, 11) is 0. The Morgan fingerprint density at radius 1 is 1.00 bits per heavy atom. The average molecular weight is 665 g/mol. The number of benzene rings is 3. The predicted octanol–water partition coefficient (Wildman–Crippen LogP) is 6.58. The molecule has 47 heavy (non-hydrogen) atoms. The number of aryl methyl sites for hydroxylation is 1. The molecule has 0 bridgehead atoms. The third-order valence-electron chi connectivity index (χ3n) is 7.23. The van der Waals surface area contributed by atoms with Crippen LogP contribution in [-0.4, -0.2) is 44.5 Å². The first-order valence-corrected chi connectivity index (χ1v) is 15.1. The van der Waals surface area contributed by atoms with E-state index in [1.165, 1.54) is 22.9 Å². The summed E-state index contributed by atoms with van der Waals surface area (Å²) in [6.07, 6.45) is -5.43. The number of nitrogens with two attached hydrogens (primary N) is 2. The minimum Gasteiger partial charge on any atom is -0.465 e. The van der Waals surface area contributed by atoms with Crippen LogP contribution in [0.15, 0.2) is 85.1 Å². The van der Waals surface area contributed by atoms with Gasteiger partial charge >= 0.3 is 12.1 Å². The maximum atomic E-state index is 15.1. The fraction of sp³-hybridized carbons (Fsp3) is 0.235. The number of carbonyl (C=O) groups excluding carboxylic acids is 1. The second kappa shape index (κ2) is 14.2. The van der Waals surface area contributed by atoms with Gasteiger partial charge < -0.3 is 20.9 Å². The van der Waals surface area contributed by atoms with Crippen molar-refractivity contribution in [1.29, 1.82) is 0 Å². The van der Waals surface area contributed by atoms with Crippen LogP contribution in [0.25, 0.3) is 16.9 Å². The molecule has 0 saturated carbocycles. The Kier molecular flexibility index (Phi) is 10.1. The summed E-state index contributed by atoms with van der Waals surface area (Å²) in [4.78, 5) is 20.1.